The number of hydrogen-bond acceptors (Lipinski definition) is 1. The van der Waals surface area contributed by atoms with Crippen molar-refractivity contribution < 1.29 is 0 Å². The Morgan fingerprint density at radius 1 is 0.396 bits per heavy atom. The molecule has 0 fully saturated rings. The van der Waals surface area contributed by atoms with E-state index in [4.69, 9.17) is 0 Å². The van der Waals surface area contributed by atoms with E-state index in [9.17, 15) is 0 Å². The van der Waals surface area contributed by atoms with Crippen LogP contribution < -0.4 is 0 Å². The Bertz CT molecular complexity index is 2870. The molecule has 1 aliphatic heterocycles. The van der Waals surface area contributed by atoms with Gasteiger partial charge in [0.15, 0.2) is 0 Å². The first-order chi connectivity index (χ1) is 23.8. The Hall–Kier alpha value is -5.97. The van der Waals surface area contributed by atoms with Crippen LogP contribution in [0.4, 0.5) is 0 Å². The minimum atomic E-state index is 1.14. The monoisotopic (exact) mass is 629 g/mol. The highest BCUT2D eigenvalue weighted by Gasteiger charge is 2.29. The number of para-hydroxylation sites is 4. The summed E-state index contributed by atoms with van der Waals surface area (Å²) >= 11 is 1.87. The second-order valence-electron chi connectivity index (χ2n) is 12.5. The average molecular weight is 630 g/mol. The maximum Gasteiger partial charge on any atom is 0.131 e. The second-order valence-corrected chi connectivity index (χ2v) is 13.6. The van der Waals surface area contributed by atoms with Gasteiger partial charge in [0.2, 0.25) is 0 Å². The summed E-state index contributed by atoms with van der Waals surface area (Å²) in [4.78, 5) is 2.56. The average Bonchev–Trinajstić information content (AvgIpc) is 3.79. The van der Waals surface area contributed by atoms with E-state index in [1.807, 2.05) is 11.8 Å². The van der Waals surface area contributed by atoms with Crippen LogP contribution in [0.25, 0.3) is 82.8 Å². The van der Waals surface area contributed by atoms with Crippen molar-refractivity contribution in [3.63, 3.8) is 0 Å². The van der Waals surface area contributed by atoms with Gasteiger partial charge < -0.3 is 4.57 Å². The quantitative estimate of drug-likeness (QED) is 0.190. The lowest BCUT2D eigenvalue weighted by Gasteiger charge is -2.21. The Labute approximate surface area is 280 Å². The number of hydrogen-bond donors (Lipinski definition) is 0. The molecule has 0 atom stereocenters. The highest BCUT2D eigenvalue weighted by atomic mass is 32.2. The molecule has 1 aliphatic rings. The van der Waals surface area contributed by atoms with Crippen LogP contribution in [-0.4, -0.2) is 13.7 Å². The Morgan fingerprint density at radius 3 is 1.81 bits per heavy atom. The van der Waals surface area contributed by atoms with Crippen LogP contribution in [0.3, 0.4) is 0 Å². The van der Waals surface area contributed by atoms with Crippen molar-refractivity contribution in [3.05, 3.63) is 164 Å². The molecular weight excluding hydrogens is 603 g/mol. The third-order valence-electron chi connectivity index (χ3n) is 10.0. The standard InChI is InChI=1S/C44H27N3S/c1-2-13-28(14-3-1)31-19-11-24-38-41(31)42-34-20-12-26-40-43(34)47(37-23-8-9-25-39(37)48-40)44(42)46(38)30-16-10-15-29(27-30)45-35-21-6-4-17-32(35)33-18-5-7-22-36(33)45/h1-27H. The van der Waals surface area contributed by atoms with Gasteiger partial charge in [0.1, 0.15) is 5.65 Å². The van der Waals surface area contributed by atoms with Gasteiger partial charge in [0.05, 0.1) is 27.8 Å². The number of fused-ring (bicyclic) bond motifs is 10. The van der Waals surface area contributed by atoms with Gasteiger partial charge in [-0.05, 0) is 65.7 Å². The molecule has 0 aliphatic carbocycles. The molecule has 10 aromatic rings. The Kier molecular flexibility index (Phi) is 5.32. The van der Waals surface area contributed by atoms with Gasteiger partial charge in [-0.2, -0.15) is 0 Å². The molecule has 0 radical (unpaired) electrons. The van der Waals surface area contributed by atoms with Gasteiger partial charge >= 0.3 is 0 Å². The summed E-state index contributed by atoms with van der Waals surface area (Å²) in [5.41, 5.74) is 12.1. The molecule has 4 heteroatoms. The van der Waals surface area contributed by atoms with Crippen molar-refractivity contribution in [1.82, 2.24) is 13.7 Å². The first-order valence-corrected chi connectivity index (χ1v) is 17.2. The summed E-state index contributed by atoms with van der Waals surface area (Å²) in [5, 5.41) is 6.40. The van der Waals surface area contributed by atoms with Crippen LogP contribution in [-0.2, 0) is 0 Å². The van der Waals surface area contributed by atoms with Crippen LogP contribution in [0.15, 0.2) is 174 Å². The van der Waals surface area contributed by atoms with Crippen LogP contribution >= 0.6 is 11.8 Å². The highest BCUT2D eigenvalue weighted by Crippen LogP contribution is 2.50. The molecule has 4 heterocycles. The number of nitrogens with zero attached hydrogens (tertiary/aromatic N) is 3. The topological polar surface area (TPSA) is 14.8 Å². The molecule has 7 aromatic carbocycles. The molecule has 0 bridgehead atoms. The van der Waals surface area contributed by atoms with E-state index >= 15 is 0 Å². The fourth-order valence-electron chi connectivity index (χ4n) is 8.11. The van der Waals surface area contributed by atoms with Crippen molar-refractivity contribution in [2.24, 2.45) is 0 Å². The minimum Gasteiger partial charge on any atom is -0.309 e. The highest BCUT2D eigenvalue weighted by molar-refractivity contribution is 7.99. The third-order valence-corrected chi connectivity index (χ3v) is 11.1. The predicted octanol–water partition coefficient (Wildman–Crippen LogP) is 12.0. The molecule has 0 amide bonds. The zero-order chi connectivity index (χ0) is 31.3. The maximum absolute atomic E-state index is 2.52. The summed E-state index contributed by atoms with van der Waals surface area (Å²) in [6.45, 7) is 0. The SMILES string of the molecule is c1ccc(-c2cccc3c2c2c4cccc5c4n(c2n3-c2cccc(-n3c4ccccc4c4ccccc43)c2)-c2ccccc2S5)cc1. The van der Waals surface area contributed by atoms with E-state index in [0.717, 1.165) is 11.4 Å². The molecule has 0 saturated carbocycles. The molecule has 0 spiro atoms. The predicted molar refractivity (Wildman–Crippen MR) is 202 cm³/mol. The number of benzene rings is 7. The van der Waals surface area contributed by atoms with Crippen LogP contribution in [0.5, 0.6) is 0 Å². The number of aromatic nitrogens is 3. The molecule has 3 nitrogen and oxygen atoms in total. The maximum atomic E-state index is 2.52. The molecule has 3 aromatic heterocycles. The van der Waals surface area contributed by atoms with Gasteiger partial charge in [-0.25, -0.2) is 0 Å². The molecule has 11 rings (SSSR count). The second kappa shape index (κ2) is 9.77. The molecule has 0 saturated heterocycles. The summed E-state index contributed by atoms with van der Waals surface area (Å²) in [6, 6.07) is 59.8. The molecule has 224 valence electrons. The Balaban J connectivity index is 1.31. The van der Waals surface area contributed by atoms with E-state index in [1.165, 1.54) is 81.3 Å². The van der Waals surface area contributed by atoms with Crippen molar-refractivity contribution in [2.75, 3.05) is 0 Å². The van der Waals surface area contributed by atoms with Gasteiger partial charge in [-0.15, -0.1) is 0 Å². The van der Waals surface area contributed by atoms with E-state index in [1.54, 1.807) is 0 Å². The Morgan fingerprint density at radius 2 is 1.00 bits per heavy atom. The van der Waals surface area contributed by atoms with E-state index in [0.29, 0.717) is 0 Å². The summed E-state index contributed by atoms with van der Waals surface area (Å²) < 4.78 is 7.44. The third kappa shape index (κ3) is 3.45. The largest absolute Gasteiger partial charge is 0.309 e. The van der Waals surface area contributed by atoms with Crippen LogP contribution in [0.1, 0.15) is 0 Å². The fourth-order valence-corrected chi connectivity index (χ4v) is 9.20. The molecule has 48 heavy (non-hydrogen) atoms. The van der Waals surface area contributed by atoms with Gasteiger partial charge in [0, 0.05) is 48.1 Å². The van der Waals surface area contributed by atoms with Gasteiger partial charge in [-0.1, -0.05) is 121 Å². The van der Waals surface area contributed by atoms with Crippen molar-refractivity contribution in [3.8, 4) is 28.2 Å². The van der Waals surface area contributed by atoms with Gasteiger partial charge in [0.25, 0.3) is 0 Å². The number of rotatable bonds is 3. The van der Waals surface area contributed by atoms with Gasteiger partial charge in [-0.3, -0.25) is 9.13 Å². The zero-order valence-electron chi connectivity index (χ0n) is 25.8. The van der Waals surface area contributed by atoms with Crippen molar-refractivity contribution in [1.29, 1.82) is 0 Å². The van der Waals surface area contributed by atoms with Crippen LogP contribution in [0, 0.1) is 0 Å². The van der Waals surface area contributed by atoms with Crippen molar-refractivity contribution >= 4 is 66.4 Å². The van der Waals surface area contributed by atoms with Crippen molar-refractivity contribution in [2.45, 2.75) is 9.79 Å². The lowest BCUT2D eigenvalue weighted by Crippen LogP contribution is -2.06. The smallest absolute Gasteiger partial charge is 0.131 e. The summed E-state index contributed by atoms with van der Waals surface area (Å²) in [7, 11) is 0. The van der Waals surface area contributed by atoms with E-state index in [2.05, 4.69) is 177 Å². The molecule has 0 unspecified atom stereocenters. The lowest BCUT2D eigenvalue weighted by atomic mass is 9.99. The minimum absolute atomic E-state index is 1.14. The van der Waals surface area contributed by atoms with E-state index in [-0.39, 0.29) is 0 Å². The molecular formula is C44H27N3S. The summed E-state index contributed by atoms with van der Waals surface area (Å²) in [5.74, 6) is 0. The molecule has 0 N–H and O–H groups in total. The zero-order valence-corrected chi connectivity index (χ0v) is 26.7. The lowest BCUT2D eigenvalue weighted by molar-refractivity contribution is 1.02. The van der Waals surface area contributed by atoms with Crippen LogP contribution in [0.2, 0.25) is 0 Å². The first kappa shape index (κ1) is 26.1. The normalized spacial score (nSPS) is 12.5. The van der Waals surface area contributed by atoms with E-state index < -0.39 is 0 Å². The first-order valence-electron chi connectivity index (χ1n) is 16.4. The fraction of sp³-hybridized carbons (Fsp3) is 0. The summed E-state index contributed by atoms with van der Waals surface area (Å²) in [6.07, 6.45) is 0.